The lowest BCUT2D eigenvalue weighted by Crippen LogP contribution is -2.57. The van der Waals surface area contributed by atoms with Crippen LogP contribution in [0.25, 0.3) is 0 Å². The number of hydrogen-bond acceptors (Lipinski definition) is 4. The second kappa shape index (κ2) is 4.98. The summed E-state index contributed by atoms with van der Waals surface area (Å²) < 4.78 is 5.37. The van der Waals surface area contributed by atoms with E-state index in [1.165, 1.54) is 6.07 Å². The zero-order valence-electron chi connectivity index (χ0n) is 11.1. The molecule has 2 unspecified atom stereocenters. The van der Waals surface area contributed by atoms with Gasteiger partial charge in [0.1, 0.15) is 10.7 Å². The first-order valence-electron chi connectivity index (χ1n) is 6.10. The van der Waals surface area contributed by atoms with Crippen molar-refractivity contribution in [3.8, 4) is 0 Å². The monoisotopic (exact) mass is 284 g/mol. The summed E-state index contributed by atoms with van der Waals surface area (Å²) in [6, 6.07) is 5.04. The summed E-state index contributed by atoms with van der Waals surface area (Å²) in [7, 11) is 1.68. The molecule has 0 amide bonds. The summed E-state index contributed by atoms with van der Waals surface area (Å²) in [4.78, 5) is 10.6. The molecule has 1 N–H and O–H groups in total. The SMILES string of the molecule is COC1CC(Nc2cccc(Cl)c2[N+](=O)[O-])C1(C)C. The molecule has 0 aromatic heterocycles. The average molecular weight is 285 g/mol. The minimum absolute atomic E-state index is 0.0645. The molecule has 6 heteroatoms. The van der Waals surface area contributed by atoms with E-state index >= 15 is 0 Å². The van der Waals surface area contributed by atoms with Crippen LogP contribution < -0.4 is 5.32 Å². The number of nitro groups is 1. The predicted molar refractivity (Wildman–Crippen MR) is 74.7 cm³/mol. The van der Waals surface area contributed by atoms with Crippen LogP contribution >= 0.6 is 11.6 Å². The van der Waals surface area contributed by atoms with Gasteiger partial charge in [-0.3, -0.25) is 10.1 Å². The molecule has 2 rings (SSSR count). The van der Waals surface area contributed by atoms with Crippen molar-refractivity contribution in [1.29, 1.82) is 0 Å². The number of rotatable bonds is 4. The molecule has 5 nitrogen and oxygen atoms in total. The zero-order chi connectivity index (χ0) is 14.2. The van der Waals surface area contributed by atoms with Crippen LogP contribution in [0.2, 0.25) is 5.02 Å². The van der Waals surface area contributed by atoms with Gasteiger partial charge in [-0.25, -0.2) is 0 Å². The Morgan fingerprint density at radius 3 is 2.74 bits per heavy atom. The molecule has 2 atom stereocenters. The van der Waals surface area contributed by atoms with Crippen molar-refractivity contribution in [1.82, 2.24) is 0 Å². The summed E-state index contributed by atoms with van der Waals surface area (Å²) in [5.74, 6) is 0. The first-order chi connectivity index (χ1) is 8.87. The highest BCUT2D eigenvalue weighted by atomic mass is 35.5. The van der Waals surface area contributed by atoms with Gasteiger partial charge in [-0.15, -0.1) is 0 Å². The van der Waals surface area contributed by atoms with Crippen LogP contribution in [0.3, 0.4) is 0 Å². The normalized spacial score (nSPS) is 24.6. The molecule has 1 saturated carbocycles. The van der Waals surface area contributed by atoms with Crippen LogP contribution in [0, 0.1) is 15.5 Å². The number of benzene rings is 1. The molecular weight excluding hydrogens is 268 g/mol. The lowest BCUT2D eigenvalue weighted by atomic mass is 9.64. The average Bonchev–Trinajstić information content (AvgIpc) is 2.33. The molecule has 19 heavy (non-hydrogen) atoms. The maximum atomic E-state index is 11.1. The van der Waals surface area contributed by atoms with E-state index in [1.54, 1.807) is 19.2 Å². The van der Waals surface area contributed by atoms with Crippen LogP contribution in [0.4, 0.5) is 11.4 Å². The fraction of sp³-hybridized carbons (Fsp3) is 0.538. The van der Waals surface area contributed by atoms with Crippen molar-refractivity contribution >= 4 is 23.0 Å². The standard InChI is InChI=1S/C13H17ClN2O3/c1-13(2)10(7-11(13)19-3)15-9-6-4-5-8(14)12(9)16(17)18/h4-6,10-11,15H,7H2,1-3H3. The zero-order valence-corrected chi connectivity index (χ0v) is 11.9. The number of hydrogen-bond donors (Lipinski definition) is 1. The third-order valence-electron chi connectivity index (χ3n) is 3.96. The van der Waals surface area contributed by atoms with Gasteiger partial charge in [0.2, 0.25) is 0 Å². The fourth-order valence-corrected chi connectivity index (χ4v) is 2.78. The first kappa shape index (κ1) is 14.1. The van der Waals surface area contributed by atoms with E-state index in [9.17, 15) is 10.1 Å². The Balaban J connectivity index is 2.22. The number of nitro benzene ring substituents is 1. The summed E-state index contributed by atoms with van der Waals surface area (Å²) in [6.45, 7) is 4.16. The van der Waals surface area contributed by atoms with E-state index in [1.807, 2.05) is 0 Å². The van der Waals surface area contributed by atoms with Gasteiger partial charge in [-0.1, -0.05) is 31.5 Å². The second-order valence-electron chi connectivity index (χ2n) is 5.37. The van der Waals surface area contributed by atoms with Crippen LogP contribution in [-0.4, -0.2) is 24.2 Å². The maximum Gasteiger partial charge on any atom is 0.310 e. The minimum atomic E-state index is -0.454. The molecule has 0 heterocycles. The molecule has 0 saturated heterocycles. The van der Waals surface area contributed by atoms with Crippen LogP contribution in [-0.2, 0) is 4.74 Å². The third kappa shape index (κ3) is 2.40. The second-order valence-corrected chi connectivity index (χ2v) is 5.78. The van der Waals surface area contributed by atoms with Crippen molar-refractivity contribution in [2.75, 3.05) is 12.4 Å². The van der Waals surface area contributed by atoms with Gasteiger partial charge in [0.25, 0.3) is 0 Å². The quantitative estimate of drug-likeness (QED) is 0.679. The Kier molecular flexibility index (Phi) is 3.69. The van der Waals surface area contributed by atoms with Crippen molar-refractivity contribution in [3.05, 3.63) is 33.3 Å². The van der Waals surface area contributed by atoms with Gasteiger partial charge in [-0.2, -0.15) is 0 Å². The molecule has 1 aromatic carbocycles. The molecule has 1 fully saturated rings. The number of para-hydroxylation sites is 1. The number of methoxy groups -OCH3 is 1. The van der Waals surface area contributed by atoms with Crippen LogP contribution in [0.1, 0.15) is 20.3 Å². The lowest BCUT2D eigenvalue weighted by molar-refractivity contribution is -0.383. The fourth-order valence-electron chi connectivity index (χ4n) is 2.54. The molecule has 0 spiro atoms. The molecule has 0 aliphatic heterocycles. The topological polar surface area (TPSA) is 64.4 Å². The van der Waals surface area contributed by atoms with Gasteiger partial charge in [0.15, 0.2) is 0 Å². The Labute approximate surface area is 117 Å². The van der Waals surface area contributed by atoms with E-state index in [4.69, 9.17) is 16.3 Å². The Morgan fingerprint density at radius 1 is 1.53 bits per heavy atom. The Morgan fingerprint density at radius 2 is 2.21 bits per heavy atom. The van der Waals surface area contributed by atoms with Crippen molar-refractivity contribution in [3.63, 3.8) is 0 Å². The highest BCUT2D eigenvalue weighted by Crippen LogP contribution is 2.45. The van der Waals surface area contributed by atoms with E-state index in [0.717, 1.165) is 6.42 Å². The van der Waals surface area contributed by atoms with E-state index in [-0.39, 0.29) is 28.3 Å². The number of nitrogens with zero attached hydrogens (tertiary/aromatic N) is 1. The minimum Gasteiger partial charge on any atom is -0.381 e. The van der Waals surface area contributed by atoms with Crippen LogP contribution in [0.15, 0.2) is 18.2 Å². The maximum absolute atomic E-state index is 11.1. The number of nitrogens with one attached hydrogen (secondary N) is 1. The van der Waals surface area contributed by atoms with Crippen molar-refractivity contribution in [2.45, 2.75) is 32.4 Å². The number of ether oxygens (including phenoxy) is 1. The molecule has 104 valence electrons. The van der Waals surface area contributed by atoms with E-state index in [0.29, 0.717) is 5.69 Å². The van der Waals surface area contributed by atoms with Gasteiger partial charge in [0, 0.05) is 18.6 Å². The van der Waals surface area contributed by atoms with E-state index in [2.05, 4.69) is 19.2 Å². The highest BCUT2D eigenvalue weighted by Gasteiger charge is 2.49. The van der Waals surface area contributed by atoms with Gasteiger partial charge in [-0.05, 0) is 18.6 Å². The van der Waals surface area contributed by atoms with Gasteiger partial charge in [0.05, 0.1) is 11.0 Å². The Bertz CT molecular complexity index is 505. The molecule has 0 bridgehead atoms. The van der Waals surface area contributed by atoms with Gasteiger partial charge >= 0.3 is 5.69 Å². The Hall–Kier alpha value is -1.33. The summed E-state index contributed by atoms with van der Waals surface area (Å²) in [5, 5.41) is 14.4. The molecule has 0 radical (unpaired) electrons. The summed E-state index contributed by atoms with van der Waals surface area (Å²) in [6.07, 6.45) is 0.996. The van der Waals surface area contributed by atoms with E-state index < -0.39 is 4.92 Å². The smallest absolute Gasteiger partial charge is 0.310 e. The summed E-state index contributed by atoms with van der Waals surface area (Å²) in [5.41, 5.74) is 0.330. The molecule has 1 aliphatic rings. The highest BCUT2D eigenvalue weighted by molar-refractivity contribution is 6.33. The predicted octanol–water partition coefficient (Wildman–Crippen LogP) is 3.47. The lowest BCUT2D eigenvalue weighted by Gasteiger charge is -2.51. The molecule has 1 aliphatic carbocycles. The number of anilines is 1. The molecule has 1 aromatic rings. The summed E-state index contributed by atoms with van der Waals surface area (Å²) >= 11 is 5.89. The van der Waals surface area contributed by atoms with Gasteiger partial charge < -0.3 is 10.1 Å². The first-order valence-corrected chi connectivity index (χ1v) is 6.48. The largest absolute Gasteiger partial charge is 0.381 e. The number of halogens is 1. The third-order valence-corrected chi connectivity index (χ3v) is 4.27. The van der Waals surface area contributed by atoms with Crippen molar-refractivity contribution < 1.29 is 9.66 Å². The van der Waals surface area contributed by atoms with Crippen LogP contribution in [0.5, 0.6) is 0 Å². The molecular formula is C13H17ClN2O3. The van der Waals surface area contributed by atoms with Crippen molar-refractivity contribution in [2.24, 2.45) is 5.41 Å².